The van der Waals surface area contributed by atoms with Crippen molar-refractivity contribution in [1.82, 2.24) is 0 Å². The zero-order valence-electron chi connectivity index (χ0n) is 13.1. The number of nitrogens with zero attached hydrogens (tertiary/aromatic N) is 1. The zero-order chi connectivity index (χ0) is 16.1. The molecule has 0 aliphatic carbocycles. The molecule has 0 spiro atoms. The highest BCUT2D eigenvalue weighted by molar-refractivity contribution is 8.00. The van der Waals surface area contributed by atoms with Crippen molar-refractivity contribution in [3.8, 4) is 0 Å². The molecule has 22 heavy (non-hydrogen) atoms. The Labute approximate surface area is 136 Å². The fraction of sp³-hybridized carbons (Fsp3) is 0.562. The molecule has 1 amide bonds. The van der Waals surface area contributed by atoms with Gasteiger partial charge < -0.3 is 4.90 Å². The average Bonchev–Trinajstić information content (AvgIpc) is 2.79. The molecule has 1 aromatic carbocycles. The Morgan fingerprint density at radius 1 is 1.14 bits per heavy atom. The van der Waals surface area contributed by atoms with E-state index in [2.05, 4.69) is 20.8 Å². The zero-order valence-corrected chi connectivity index (χ0v) is 14.7. The molecule has 4 nitrogen and oxygen atoms in total. The summed E-state index contributed by atoms with van der Waals surface area (Å²) < 4.78 is 23.7. The monoisotopic (exact) mass is 339 g/mol. The summed E-state index contributed by atoms with van der Waals surface area (Å²) >= 11 is 1.77. The summed E-state index contributed by atoms with van der Waals surface area (Å²) in [4.78, 5) is 15.1. The third-order valence-corrected chi connectivity index (χ3v) is 6.92. The van der Waals surface area contributed by atoms with Crippen molar-refractivity contribution < 1.29 is 13.2 Å². The summed E-state index contributed by atoms with van der Waals surface area (Å²) in [5.41, 5.74) is 0.813. The van der Waals surface area contributed by atoms with E-state index in [4.69, 9.17) is 0 Å². The van der Waals surface area contributed by atoms with E-state index in [1.54, 1.807) is 16.7 Å². The molecule has 0 radical (unpaired) electrons. The number of fused-ring (bicyclic) bond motifs is 1. The van der Waals surface area contributed by atoms with Gasteiger partial charge >= 0.3 is 0 Å². The fourth-order valence-electron chi connectivity index (χ4n) is 3.25. The van der Waals surface area contributed by atoms with E-state index in [1.165, 1.54) is 0 Å². The molecule has 1 aromatic rings. The van der Waals surface area contributed by atoms with Crippen LogP contribution in [0.25, 0.3) is 0 Å². The maximum Gasteiger partial charge on any atom is 0.227 e. The van der Waals surface area contributed by atoms with E-state index >= 15 is 0 Å². The van der Waals surface area contributed by atoms with Crippen molar-refractivity contribution in [3.05, 3.63) is 24.3 Å². The summed E-state index contributed by atoms with van der Waals surface area (Å²) in [7, 11) is -3.00. The van der Waals surface area contributed by atoms with Gasteiger partial charge in [-0.15, -0.1) is 11.8 Å². The number of hydrogen-bond acceptors (Lipinski definition) is 4. The summed E-state index contributed by atoms with van der Waals surface area (Å²) in [5.74, 6) is 0.252. The second kappa shape index (κ2) is 5.27. The molecule has 6 heteroatoms. The van der Waals surface area contributed by atoms with E-state index in [0.717, 1.165) is 10.6 Å². The highest BCUT2D eigenvalue weighted by Gasteiger charge is 2.49. The lowest BCUT2D eigenvalue weighted by Gasteiger charge is -2.24. The van der Waals surface area contributed by atoms with Crippen LogP contribution < -0.4 is 4.90 Å². The predicted molar refractivity (Wildman–Crippen MR) is 90.1 cm³/mol. The molecule has 2 aliphatic heterocycles. The summed E-state index contributed by atoms with van der Waals surface area (Å²) in [6.45, 7) is 6.47. The van der Waals surface area contributed by atoms with Crippen LogP contribution in [0.2, 0.25) is 0 Å². The molecule has 2 atom stereocenters. The number of hydrogen-bond donors (Lipinski definition) is 0. The third kappa shape index (κ3) is 3.18. The van der Waals surface area contributed by atoms with Gasteiger partial charge in [0, 0.05) is 27.7 Å². The van der Waals surface area contributed by atoms with Crippen LogP contribution in [0.1, 0.15) is 27.2 Å². The van der Waals surface area contributed by atoms with Crippen molar-refractivity contribution in [1.29, 1.82) is 0 Å². The topological polar surface area (TPSA) is 54.5 Å². The van der Waals surface area contributed by atoms with Crippen LogP contribution in [0.5, 0.6) is 0 Å². The number of thioether (sulfide) groups is 1. The van der Waals surface area contributed by atoms with Crippen LogP contribution in [0.3, 0.4) is 0 Å². The first kappa shape index (κ1) is 15.9. The van der Waals surface area contributed by atoms with E-state index in [1.807, 2.05) is 24.3 Å². The third-order valence-electron chi connectivity index (χ3n) is 4.01. The first-order chi connectivity index (χ1) is 10.1. The van der Waals surface area contributed by atoms with Crippen LogP contribution in [-0.4, -0.2) is 36.6 Å². The quantitative estimate of drug-likeness (QED) is 0.778. The first-order valence-corrected chi connectivity index (χ1v) is 10.1. The van der Waals surface area contributed by atoms with E-state index in [0.29, 0.717) is 6.42 Å². The Kier molecular flexibility index (Phi) is 3.80. The van der Waals surface area contributed by atoms with Crippen molar-refractivity contribution in [3.63, 3.8) is 0 Å². The first-order valence-electron chi connectivity index (χ1n) is 7.46. The molecule has 0 aromatic heterocycles. The number of anilines is 1. The SMILES string of the molecule is CC(C)(C)Sc1ccc(N2C(=O)C[C@H]3CS(=O)(=O)C[C@@H]32)cc1. The summed E-state index contributed by atoms with van der Waals surface area (Å²) in [5, 5.41) is 0. The molecular formula is C16H21NO3S2. The van der Waals surface area contributed by atoms with Gasteiger partial charge in [0.15, 0.2) is 9.84 Å². The number of carbonyl (C=O) groups is 1. The summed E-state index contributed by atoms with van der Waals surface area (Å²) in [6.07, 6.45) is 0.350. The fourth-order valence-corrected chi connectivity index (χ4v) is 6.30. The normalized spacial score (nSPS) is 27.2. The Bertz CT molecular complexity index is 689. The van der Waals surface area contributed by atoms with E-state index < -0.39 is 9.84 Å². The van der Waals surface area contributed by atoms with Gasteiger partial charge in [0.2, 0.25) is 5.91 Å². The Balaban J connectivity index is 1.83. The van der Waals surface area contributed by atoms with Gasteiger partial charge in [-0.3, -0.25) is 4.79 Å². The minimum Gasteiger partial charge on any atom is -0.308 e. The van der Waals surface area contributed by atoms with Crippen molar-refractivity contribution in [2.75, 3.05) is 16.4 Å². The molecule has 2 heterocycles. The Hall–Kier alpha value is -1.01. The van der Waals surface area contributed by atoms with Gasteiger partial charge in [-0.1, -0.05) is 20.8 Å². The van der Waals surface area contributed by atoms with Gasteiger partial charge in [-0.05, 0) is 24.3 Å². The molecule has 0 unspecified atom stereocenters. The van der Waals surface area contributed by atoms with Crippen LogP contribution in [0, 0.1) is 5.92 Å². The molecule has 3 rings (SSSR count). The molecule has 2 saturated heterocycles. The van der Waals surface area contributed by atoms with Gasteiger partial charge in [-0.25, -0.2) is 8.42 Å². The van der Waals surface area contributed by atoms with Crippen LogP contribution >= 0.6 is 11.8 Å². The second-order valence-corrected chi connectivity index (χ2v) is 11.1. The maximum absolute atomic E-state index is 12.2. The molecular weight excluding hydrogens is 318 g/mol. The number of sulfone groups is 1. The number of benzene rings is 1. The molecule has 0 saturated carbocycles. The summed E-state index contributed by atoms with van der Waals surface area (Å²) in [6, 6.07) is 7.70. The lowest BCUT2D eigenvalue weighted by Crippen LogP contribution is -2.36. The highest BCUT2D eigenvalue weighted by atomic mass is 32.2. The minimum atomic E-state index is -3.00. The van der Waals surface area contributed by atoms with Crippen LogP contribution in [-0.2, 0) is 14.6 Å². The van der Waals surface area contributed by atoms with Crippen molar-refractivity contribution >= 4 is 33.2 Å². The van der Waals surface area contributed by atoms with E-state index in [-0.39, 0.29) is 34.1 Å². The number of rotatable bonds is 2. The van der Waals surface area contributed by atoms with Gasteiger partial charge in [-0.2, -0.15) is 0 Å². The molecule has 0 N–H and O–H groups in total. The van der Waals surface area contributed by atoms with Crippen molar-refractivity contribution in [2.45, 2.75) is 42.9 Å². The largest absolute Gasteiger partial charge is 0.308 e. The number of amides is 1. The smallest absolute Gasteiger partial charge is 0.227 e. The van der Waals surface area contributed by atoms with E-state index in [9.17, 15) is 13.2 Å². The molecule has 2 fully saturated rings. The van der Waals surface area contributed by atoms with Crippen LogP contribution in [0.4, 0.5) is 5.69 Å². The Morgan fingerprint density at radius 2 is 1.77 bits per heavy atom. The highest BCUT2D eigenvalue weighted by Crippen LogP contribution is 2.38. The minimum absolute atomic E-state index is 0.0406. The van der Waals surface area contributed by atoms with Crippen LogP contribution in [0.15, 0.2) is 29.2 Å². The average molecular weight is 339 g/mol. The lowest BCUT2D eigenvalue weighted by molar-refractivity contribution is -0.117. The van der Waals surface area contributed by atoms with Gasteiger partial charge in [0.1, 0.15) is 0 Å². The standard InChI is InChI=1S/C16H21NO3S2/c1-16(2,3)21-13-6-4-12(5-7-13)17-14-10-22(19,20)9-11(14)8-15(17)18/h4-7,11,14H,8-10H2,1-3H3/t11-,14-/m0/s1. The second-order valence-electron chi connectivity index (χ2n) is 7.08. The van der Waals surface area contributed by atoms with Gasteiger partial charge in [0.25, 0.3) is 0 Å². The predicted octanol–water partition coefficient (Wildman–Crippen LogP) is 2.73. The Morgan fingerprint density at radius 3 is 2.36 bits per heavy atom. The lowest BCUT2D eigenvalue weighted by atomic mass is 10.1. The molecule has 2 aliphatic rings. The maximum atomic E-state index is 12.2. The van der Waals surface area contributed by atoms with Gasteiger partial charge in [0.05, 0.1) is 17.5 Å². The molecule has 0 bridgehead atoms. The number of carbonyl (C=O) groups excluding carboxylic acids is 1. The van der Waals surface area contributed by atoms with Crippen molar-refractivity contribution in [2.24, 2.45) is 5.92 Å². The molecule has 120 valence electrons.